The smallest absolute Gasteiger partial charge is 0.144 e. The Morgan fingerprint density at radius 2 is 2.67 bits per heavy atom. The van der Waals surface area contributed by atoms with Gasteiger partial charge in [0, 0.05) is 12.5 Å². The Balaban J connectivity index is 2.24. The third kappa shape index (κ3) is 0.707. The highest BCUT2D eigenvalue weighted by Crippen LogP contribution is 2.24. The first-order chi connectivity index (χ1) is 4.47. The van der Waals surface area contributed by atoms with Crippen LogP contribution in [-0.2, 0) is 4.74 Å². The van der Waals surface area contributed by atoms with Gasteiger partial charge in [-0.2, -0.15) is 0 Å². The topological polar surface area (TPSA) is 21.3 Å². The van der Waals surface area contributed by atoms with Gasteiger partial charge in [0.15, 0.2) is 0 Å². The van der Waals surface area contributed by atoms with Crippen LogP contribution in [-0.4, -0.2) is 6.54 Å². The van der Waals surface area contributed by atoms with E-state index < -0.39 is 0 Å². The lowest BCUT2D eigenvalue weighted by Crippen LogP contribution is -2.21. The maximum atomic E-state index is 5.01. The van der Waals surface area contributed by atoms with Gasteiger partial charge < -0.3 is 10.1 Å². The Morgan fingerprint density at radius 1 is 1.67 bits per heavy atom. The SMILES string of the molecule is [CH]1OC=C2C=CNCC12. The molecule has 2 rings (SSSR count). The fourth-order valence-corrected chi connectivity index (χ4v) is 1.06. The zero-order valence-electron chi connectivity index (χ0n) is 5.00. The van der Waals surface area contributed by atoms with E-state index in [9.17, 15) is 0 Å². The quantitative estimate of drug-likeness (QED) is 0.513. The van der Waals surface area contributed by atoms with Gasteiger partial charge >= 0.3 is 0 Å². The van der Waals surface area contributed by atoms with Crippen molar-refractivity contribution in [1.29, 1.82) is 0 Å². The molecule has 0 amide bonds. The van der Waals surface area contributed by atoms with Crippen molar-refractivity contribution >= 4 is 0 Å². The van der Waals surface area contributed by atoms with E-state index in [1.54, 1.807) is 6.26 Å². The fraction of sp³-hybridized carbons (Fsp3) is 0.286. The summed E-state index contributed by atoms with van der Waals surface area (Å²) in [5.41, 5.74) is 1.27. The predicted molar refractivity (Wildman–Crippen MR) is 34.1 cm³/mol. The first-order valence-corrected chi connectivity index (χ1v) is 3.05. The predicted octanol–water partition coefficient (Wildman–Crippen LogP) is 0.795. The minimum atomic E-state index is 0.481. The number of fused-ring (bicyclic) bond motifs is 1. The van der Waals surface area contributed by atoms with Gasteiger partial charge in [0.25, 0.3) is 0 Å². The Kier molecular flexibility index (Phi) is 0.979. The largest absolute Gasteiger partial charge is 0.493 e. The minimum absolute atomic E-state index is 0.481. The molecule has 0 saturated carbocycles. The van der Waals surface area contributed by atoms with Gasteiger partial charge in [-0.15, -0.1) is 0 Å². The molecular weight excluding hydrogens is 114 g/mol. The van der Waals surface area contributed by atoms with Gasteiger partial charge in [-0.25, -0.2) is 0 Å². The van der Waals surface area contributed by atoms with Crippen LogP contribution in [0.15, 0.2) is 24.1 Å². The van der Waals surface area contributed by atoms with E-state index in [0.29, 0.717) is 5.92 Å². The first-order valence-electron chi connectivity index (χ1n) is 3.05. The van der Waals surface area contributed by atoms with E-state index in [-0.39, 0.29) is 0 Å². The molecular formula is C7H8NO. The van der Waals surface area contributed by atoms with E-state index in [0.717, 1.165) is 6.54 Å². The molecule has 2 heterocycles. The number of allylic oxidation sites excluding steroid dienone is 1. The van der Waals surface area contributed by atoms with Crippen LogP contribution in [0.25, 0.3) is 0 Å². The van der Waals surface area contributed by atoms with E-state index in [1.165, 1.54) is 5.57 Å². The number of rotatable bonds is 0. The van der Waals surface area contributed by atoms with Crippen LogP contribution in [0.5, 0.6) is 0 Å². The summed E-state index contributed by atoms with van der Waals surface area (Å²) in [5.74, 6) is 0.481. The van der Waals surface area contributed by atoms with Crippen molar-refractivity contribution in [2.75, 3.05) is 6.54 Å². The molecule has 0 aliphatic carbocycles. The molecule has 47 valence electrons. The number of hydrogen-bond acceptors (Lipinski definition) is 2. The highest BCUT2D eigenvalue weighted by Gasteiger charge is 2.20. The summed E-state index contributed by atoms with van der Waals surface area (Å²) in [6.45, 7) is 2.83. The minimum Gasteiger partial charge on any atom is -0.493 e. The van der Waals surface area contributed by atoms with Gasteiger partial charge in [0.05, 0.1) is 6.26 Å². The molecule has 0 fully saturated rings. The second kappa shape index (κ2) is 1.79. The Morgan fingerprint density at radius 3 is 3.56 bits per heavy atom. The molecule has 2 aliphatic heterocycles. The number of hydrogen-bond donors (Lipinski definition) is 1. The molecule has 0 aromatic carbocycles. The van der Waals surface area contributed by atoms with E-state index in [4.69, 9.17) is 4.74 Å². The lowest BCUT2D eigenvalue weighted by atomic mass is 10.0. The van der Waals surface area contributed by atoms with Crippen LogP contribution in [0.1, 0.15) is 0 Å². The number of nitrogens with one attached hydrogen (secondary N) is 1. The van der Waals surface area contributed by atoms with Crippen molar-refractivity contribution in [2.45, 2.75) is 0 Å². The summed E-state index contributed by atoms with van der Waals surface area (Å²) >= 11 is 0. The molecule has 0 spiro atoms. The van der Waals surface area contributed by atoms with Gasteiger partial charge in [-0.3, -0.25) is 0 Å². The molecule has 9 heavy (non-hydrogen) atoms. The van der Waals surface area contributed by atoms with Gasteiger partial charge in [-0.05, 0) is 17.8 Å². The summed E-state index contributed by atoms with van der Waals surface area (Å²) in [4.78, 5) is 0. The molecule has 1 N–H and O–H groups in total. The standard InChI is InChI=1S/C7H8NO/c1-2-8-3-7-5-9-4-6(1)7/h1-2,4-5,7-8H,3H2. The van der Waals surface area contributed by atoms with Crippen molar-refractivity contribution in [3.63, 3.8) is 0 Å². The van der Waals surface area contributed by atoms with Crippen LogP contribution in [0.4, 0.5) is 0 Å². The van der Waals surface area contributed by atoms with Crippen LogP contribution < -0.4 is 5.32 Å². The van der Waals surface area contributed by atoms with Crippen molar-refractivity contribution < 1.29 is 4.74 Å². The van der Waals surface area contributed by atoms with Gasteiger partial charge in [-0.1, -0.05) is 0 Å². The maximum absolute atomic E-state index is 5.01. The average Bonchev–Trinajstić information content (AvgIpc) is 2.33. The average molecular weight is 122 g/mol. The second-order valence-electron chi connectivity index (χ2n) is 2.24. The highest BCUT2D eigenvalue weighted by molar-refractivity contribution is 5.27. The van der Waals surface area contributed by atoms with Crippen molar-refractivity contribution in [3.8, 4) is 0 Å². The molecule has 2 nitrogen and oxygen atoms in total. The maximum Gasteiger partial charge on any atom is 0.144 e. The molecule has 1 unspecified atom stereocenters. The molecule has 1 atom stereocenters. The second-order valence-corrected chi connectivity index (χ2v) is 2.24. The van der Waals surface area contributed by atoms with E-state index in [2.05, 4.69) is 5.32 Å². The van der Waals surface area contributed by atoms with Crippen LogP contribution in [0.3, 0.4) is 0 Å². The van der Waals surface area contributed by atoms with Crippen molar-refractivity contribution in [2.24, 2.45) is 5.92 Å². The fourth-order valence-electron chi connectivity index (χ4n) is 1.06. The molecule has 0 aromatic heterocycles. The van der Waals surface area contributed by atoms with Crippen LogP contribution in [0.2, 0.25) is 0 Å². The zero-order valence-corrected chi connectivity index (χ0v) is 5.00. The molecule has 2 heteroatoms. The third-order valence-electron chi connectivity index (χ3n) is 1.61. The molecule has 0 saturated heterocycles. The van der Waals surface area contributed by atoms with Gasteiger partial charge in [0.2, 0.25) is 0 Å². The monoisotopic (exact) mass is 122 g/mol. The number of ether oxygens (including phenoxy) is 1. The van der Waals surface area contributed by atoms with Gasteiger partial charge in [0.1, 0.15) is 6.61 Å². The van der Waals surface area contributed by atoms with E-state index in [1.807, 2.05) is 18.9 Å². The lowest BCUT2D eigenvalue weighted by Gasteiger charge is -2.13. The van der Waals surface area contributed by atoms with E-state index >= 15 is 0 Å². The third-order valence-corrected chi connectivity index (χ3v) is 1.61. The molecule has 2 aliphatic rings. The Labute approximate surface area is 54.2 Å². The van der Waals surface area contributed by atoms with Crippen LogP contribution >= 0.6 is 0 Å². The molecule has 1 radical (unpaired) electrons. The summed E-state index contributed by atoms with van der Waals surface area (Å²) in [6.07, 6.45) is 5.78. The lowest BCUT2D eigenvalue weighted by molar-refractivity contribution is 0.328. The molecule has 0 aromatic rings. The van der Waals surface area contributed by atoms with Crippen molar-refractivity contribution in [3.05, 3.63) is 30.7 Å². The summed E-state index contributed by atoms with van der Waals surface area (Å²) < 4.78 is 5.01. The molecule has 0 bridgehead atoms. The summed E-state index contributed by atoms with van der Waals surface area (Å²) in [7, 11) is 0. The Bertz CT molecular complexity index is 172. The zero-order chi connectivity index (χ0) is 6.10. The first kappa shape index (κ1) is 4.91. The van der Waals surface area contributed by atoms with Crippen molar-refractivity contribution in [1.82, 2.24) is 5.32 Å². The highest BCUT2D eigenvalue weighted by atomic mass is 16.5. The summed E-state index contributed by atoms with van der Waals surface area (Å²) in [5, 5.41) is 3.12. The Hall–Kier alpha value is -0.920. The van der Waals surface area contributed by atoms with Crippen LogP contribution in [0, 0.1) is 12.5 Å². The summed E-state index contributed by atoms with van der Waals surface area (Å²) in [6, 6.07) is 0. The normalized spacial score (nSPS) is 30.2.